The summed E-state index contributed by atoms with van der Waals surface area (Å²) < 4.78 is 0. The number of hydrogen-bond acceptors (Lipinski definition) is 10. The summed E-state index contributed by atoms with van der Waals surface area (Å²) in [5.74, 6) is 2.30. The second-order valence-electron chi connectivity index (χ2n) is 26.5. The highest BCUT2D eigenvalue weighted by Crippen LogP contribution is 2.53. The maximum Gasteiger partial charge on any atom is 0.0335 e. The third-order valence-electron chi connectivity index (χ3n) is 21.4. The third-order valence-corrected chi connectivity index (χ3v) is 21.4. The van der Waals surface area contributed by atoms with Gasteiger partial charge in [0.05, 0.1) is 0 Å². The minimum Gasteiger partial charge on any atom is -0.317 e. The summed E-state index contributed by atoms with van der Waals surface area (Å²) in [4.78, 5) is 22.8. The standard InChI is InChI=1S/C51H96N10/c1-15-56-25-37-26-58(48(9,10)49(11,12)61-31-41-24-42(61)30-55(41)14)32-43(37)44(56)23-40-29-57(45(2,3)4)28-39(53-40)22-38-27-54(13)21-18-51(38)35-60(36-51)47(7,8)46(5,6)59-33-50(34-59)16-19-52-20-17-50/h37-44,52-53H,15-36H2,1-14H3/t37?,38?,39-,40+,41+,42+,43?,44?/m1/s1. The molecule has 9 aliphatic heterocycles. The lowest BCUT2D eigenvalue weighted by Crippen LogP contribution is -2.78. The predicted octanol–water partition coefficient (Wildman–Crippen LogP) is 4.90. The second kappa shape index (κ2) is 15.9. The van der Waals surface area contributed by atoms with E-state index in [4.69, 9.17) is 0 Å². The van der Waals surface area contributed by atoms with E-state index in [2.05, 4.69) is 147 Å². The summed E-state index contributed by atoms with van der Waals surface area (Å²) in [6, 6.07) is 3.23. The van der Waals surface area contributed by atoms with E-state index in [9.17, 15) is 0 Å². The summed E-state index contributed by atoms with van der Waals surface area (Å²) in [6.07, 6.45) is 8.04. The van der Waals surface area contributed by atoms with Crippen LogP contribution in [0.25, 0.3) is 0 Å². The van der Waals surface area contributed by atoms with Gasteiger partial charge in [-0.2, -0.15) is 0 Å². The summed E-state index contributed by atoms with van der Waals surface area (Å²) in [5.41, 5.74) is 1.79. The van der Waals surface area contributed by atoms with Crippen molar-refractivity contribution in [3.05, 3.63) is 0 Å². The Bertz CT molecular complexity index is 1550. The molecule has 0 aromatic heterocycles. The molecule has 4 unspecified atom stereocenters. The minimum absolute atomic E-state index is 0.134. The number of nitrogens with one attached hydrogen (secondary N) is 2. The molecule has 10 nitrogen and oxygen atoms in total. The summed E-state index contributed by atoms with van der Waals surface area (Å²) >= 11 is 0. The molecule has 0 saturated carbocycles. The van der Waals surface area contributed by atoms with Gasteiger partial charge in [0, 0.05) is 142 Å². The van der Waals surface area contributed by atoms with Gasteiger partial charge in [-0.1, -0.05) is 6.92 Å². The van der Waals surface area contributed by atoms with Crippen LogP contribution in [0.5, 0.6) is 0 Å². The smallest absolute Gasteiger partial charge is 0.0335 e. The molecular formula is C51H96N10. The van der Waals surface area contributed by atoms with Crippen molar-refractivity contribution in [3.63, 3.8) is 0 Å². The Labute approximate surface area is 375 Å². The molecule has 61 heavy (non-hydrogen) atoms. The quantitative estimate of drug-likeness (QED) is 0.301. The van der Waals surface area contributed by atoms with Crippen molar-refractivity contribution in [2.24, 2.45) is 28.6 Å². The zero-order valence-electron chi connectivity index (χ0n) is 42.3. The molecule has 350 valence electrons. The fourth-order valence-electron chi connectivity index (χ4n) is 15.5. The third kappa shape index (κ3) is 7.76. The van der Waals surface area contributed by atoms with Crippen molar-refractivity contribution in [1.29, 1.82) is 0 Å². The normalized spacial score (nSPS) is 37.9. The largest absolute Gasteiger partial charge is 0.317 e. The molecule has 9 fully saturated rings. The molecule has 0 aromatic rings. The minimum atomic E-state index is 0.134. The number of likely N-dealkylation sites (tertiary alicyclic amines) is 7. The number of hydrogen-bond donors (Lipinski definition) is 2. The fraction of sp³-hybridized carbons (Fsp3) is 1.00. The van der Waals surface area contributed by atoms with Crippen LogP contribution in [0, 0.1) is 28.6 Å². The maximum atomic E-state index is 4.47. The van der Waals surface area contributed by atoms with E-state index in [0.29, 0.717) is 29.0 Å². The van der Waals surface area contributed by atoms with Gasteiger partial charge in [-0.3, -0.25) is 29.4 Å². The van der Waals surface area contributed by atoms with Crippen LogP contribution in [0.1, 0.15) is 122 Å². The van der Waals surface area contributed by atoms with Crippen molar-refractivity contribution < 1.29 is 0 Å². The first-order valence-corrected chi connectivity index (χ1v) is 25.9. The van der Waals surface area contributed by atoms with Gasteiger partial charge in [0.15, 0.2) is 0 Å². The van der Waals surface area contributed by atoms with E-state index < -0.39 is 0 Å². The molecule has 9 heterocycles. The highest BCUT2D eigenvalue weighted by atomic mass is 15.4. The van der Waals surface area contributed by atoms with Crippen LogP contribution in [0.3, 0.4) is 0 Å². The zero-order valence-corrected chi connectivity index (χ0v) is 42.3. The number of rotatable bonds is 11. The molecule has 10 heteroatoms. The molecule has 0 aliphatic carbocycles. The van der Waals surface area contributed by atoms with Crippen LogP contribution in [0.2, 0.25) is 0 Å². The molecule has 2 bridgehead atoms. The lowest BCUT2D eigenvalue weighted by Gasteiger charge is -2.69. The zero-order chi connectivity index (χ0) is 43.7. The molecule has 8 atom stereocenters. The number of piperidine rings is 2. The molecule has 9 saturated heterocycles. The van der Waals surface area contributed by atoms with Gasteiger partial charge >= 0.3 is 0 Å². The average Bonchev–Trinajstić information content (AvgIpc) is 3.94. The Hall–Kier alpha value is -0.400. The van der Waals surface area contributed by atoms with Crippen LogP contribution >= 0.6 is 0 Å². The number of fused-ring (bicyclic) bond motifs is 3. The van der Waals surface area contributed by atoms with E-state index in [1.807, 2.05) is 0 Å². The fourth-order valence-corrected chi connectivity index (χ4v) is 15.5. The van der Waals surface area contributed by atoms with Crippen LogP contribution in [-0.2, 0) is 0 Å². The topological polar surface area (TPSA) is 50.0 Å². The number of nitrogens with zero attached hydrogens (tertiary/aromatic N) is 8. The molecule has 0 aromatic carbocycles. The van der Waals surface area contributed by atoms with Gasteiger partial charge < -0.3 is 20.4 Å². The first kappa shape index (κ1) is 45.7. The van der Waals surface area contributed by atoms with Gasteiger partial charge in [-0.25, -0.2) is 0 Å². The second-order valence-corrected chi connectivity index (χ2v) is 26.5. The Morgan fingerprint density at radius 3 is 1.80 bits per heavy atom. The maximum absolute atomic E-state index is 4.47. The van der Waals surface area contributed by atoms with E-state index >= 15 is 0 Å². The summed E-state index contributed by atoms with van der Waals surface area (Å²) in [6.45, 7) is 50.5. The van der Waals surface area contributed by atoms with Crippen molar-refractivity contribution >= 4 is 0 Å². The van der Waals surface area contributed by atoms with Crippen LogP contribution in [0.15, 0.2) is 0 Å². The van der Waals surface area contributed by atoms with Crippen molar-refractivity contribution in [3.8, 4) is 0 Å². The highest BCUT2D eigenvalue weighted by molar-refractivity contribution is 5.17. The SMILES string of the molecule is CCN1CC2CN(C(C)(C)C(C)(C)N3C[C@@H]4C[C@H]3CN4C)CC2C1C[C@H]1CN(C(C)(C)C)C[C@@H](CC2CN(C)CCC23CN(C(C)(C)C(C)(C)N2CC4(CCNCC4)C2)C3)N1. The predicted molar refractivity (Wildman–Crippen MR) is 254 cm³/mol. The molecule has 0 radical (unpaired) electrons. The Balaban J connectivity index is 0.865. The average molecular weight is 849 g/mol. The van der Waals surface area contributed by atoms with Crippen LogP contribution in [-0.4, -0.2) is 216 Å². The van der Waals surface area contributed by atoms with Crippen LogP contribution < -0.4 is 10.6 Å². The lowest BCUT2D eigenvalue weighted by atomic mass is 9.60. The van der Waals surface area contributed by atoms with Gasteiger partial charge in [0.25, 0.3) is 0 Å². The van der Waals surface area contributed by atoms with E-state index in [-0.39, 0.29) is 27.7 Å². The van der Waals surface area contributed by atoms with Crippen molar-refractivity contribution in [2.75, 3.05) is 119 Å². The molecule has 2 spiro atoms. The van der Waals surface area contributed by atoms with Crippen LogP contribution in [0.4, 0.5) is 0 Å². The Kier molecular flexibility index (Phi) is 11.9. The molecule has 0 amide bonds. The number of likely N-dealkylation sites (N-methyl/N-ethyl adjacent to an activating group) is 1. The molecule has 9 rings (SSSR count). The molecule has 9 aliphatic rings. The van der Waals surface area contributed by atoms with Gasteiger partial charge in [0.1, 0.15) is 0 Å². The summed E-state index contributed by atoms with van der Waals surface area (Å²) in [7, 11) is 4.75. The van der Waals surface area contributed by atoms with Gasteiger partial charge in [0.2, 0.25) is 0 Å². The first-order chi connectivity index (χ1) is 28.5. The van der Waals surface area contributed by atoms with E-state index in [1.165, 1.54) is 143 Å². The molecule has 2 N–H and O–H groups in total. The van der Waals surface area contributed by atoms with Gasteiger partial charge in [-0.05, 0) is 178 Å². The number of piperazine rings is 2. The lowest BCUT2D eigenvalue weighted by molar-refractivity contribution is -0.188. The highest BCUT2D eigenvalue weighted by Gasteiger charge is 2.61. The van der Waals surface area contributed by atoms with E-state index in [1.54, 1.807) is 0 Å². The summed E-state index contributed by atoms with van der Waals surface area (Å²) in [5, 5.41) is 8.08. The first-order valence-electron chi connectivity index (χ1n) is 25.9. The molecular weight excluding hydrogens is 753 g/mol. The monoisotopic (exact) mass is 849 g/mol. The Morgan fingerprint density at radius 2 is 1.21 bits per heavy atom. The van der Waals surface area contributed by atoms with Crippen molar-refractivity contribution in [1.82, 2.24) is 49.8 Å². The van der Waals surface area contributed by atoms with E-state index in [0.717, 1.165) is 29.8 Å². The Morgan fingerprint density at radius 1 is 0.590 bits per heavy atom. The van der Waals surface area contributed by atoms with Crippen molar-refractivity contribution in [2.45, 2.75) is 180 Å². The van der Waals surface area contributed by atoms with Gasteiger partial charge in [-0.15, -0.1) is 0 Å².